The van der Waals surface area contributed by atoms with Crippen molar-refractivity contribution in [2.75, 3.05) is 13.1 Å². The lowest BCUT2D eigenvalue weighted by molar-refractivity contribution is -0.321. The number of carbonyl (C=O) groups excluding carboxylic acids is 4. The van der Waals surface area contributed by atoms with E-state index in [1.54, 1.807) is 24.3 Å². The van der Waals surface area contributed by atoms with Gasteiger partial charge in [0.2, 0.25) is 5.91 Å². The maximum atomic E-state index is 14.2. The zero-order valence-corrected chi connectivity index (χ0v) is 38.9. The summed E-state index contributed by atoms with van der Waals surface area (Å²) in [5, 5.41) is 28.1. The normalized spacial score (nSPS) is 41.2. The Kier molecular flexibility index (Phi) is 11.1. The molecule has 6 saturated carbocycles. The van der Waals surface area contributed by atoms with Crippen molar-refractivity contribution >= 4 is 41.1 Å². The van der Waals surface area contributed by atoms with Crippen LogP contribution >= 0.6 is 11.6 Å². The van der Waals surface area contributed by atoms with Crippen LogP contribution in [0.3, 0.4) is 0 Å². The third-order valence-corrected chi connectivity index (χ3v) is 20.4. The minimum atomic E-state index is -1.02. The number of aliphatic carboxylic acids is 1. The van der Waals surface area contributed by atoms with Crippen molar-refractivity contribution in [3.05, 3.63) is 46.0 Å². The molecule has 0 aromatic heterocycles. The van der Waals surface area contributed by atoms with Crippen LogP contribution < -0.4 is 16.4 Å². The van der Waals surface area contributed by atoms with Gasteiger partial charge in [-0.25, -0.2) is 0 Å². The first-order chi connectivity index (χ1) is 29.0. The van der Waals surface area contributed by atoms with Gasteiger partial charge in [0, 0.05) is 40.9 Å². The number of ketones is 1. The molecule has 0 bridgehead atoms. The molecule has 340 valence electrons. The highest BCUT2D eigenvalue weighted by atomic mass is 35.5. The van der Waals surface area contributed by atoms with Crippen LogP contribution in [0.15, 0.2) is 35.4 Å². The molecule has 1 unspecified atom stereocenters. The van der Waals surface area contributed by atoms with Crippen molar-refractivity contribution in [2.45, 2.75) is 151 Å². The van der Waals surface area contributed by atoms with E-state index in [1.807, 2.05) is 13.8 Å². The number of halogens is 1. The summed E-state index contributed by atoms with van der Waals surface area (Å²) in [5.74, 6) is -2.35. The van der Waals surface area contributed by atoms with E-state index >= 15 is 0 Å². The molecular weight excluding hydrogens is 806 g/mol. The number of amides is 2. The Bertz CT molecular complexity index is 2090. The number of carboxylic acid groups (broad SMARTS) is 1. The number of aliphatic hydroxyl groups excluding tert-OH is 1. The van der Waals surface area contributed by atoms with Gasteiger partial charge in [-0.3, -0.25) is 24.0 Å². The first-order valence-electron chi connectivity index (χ1n) is 23.4. The topological polar surface area (TPSA) is 185 Å². The van der Waals surface area contributed by atoms with Crippen molar-refractivity contribution in [2.24, 2.45) is 73.2 Å². The maximum absolute atomic E-state index is 14.2. The van der Waals surface area contributed by atoms with Crippen LogP contribution in [0.25, 0.3) is 0 Å². The van der Waals surface area contributed by atoms with Gasteiger partial charge in [0.05, 0.1) is 17.9 Å². The molecule has 7 aliphatic rings. The van der Waals surface area contributed by atoms with Crippen LogP contribution in [-0.2, 0) is 23.9 Å². The number of nitrogens with two attached hydrogens (primary N) is 1. The SMILES string of the molecule is CC(C)C1=C2[C@H]3CC[C@@H]4[C@@]5(C)CC[C@H](OC(=O)[C@H]6C[C@@H](C(=O)O)C6(C)C)[C@@]6(C)CC[C@]65CC[C@@]4(C)[C@]3(C)CC[C@@]2([C@@H](O)CNC(=O)C(CN)NC(=O)c2ccc(Cl)cc2)CC1=O. The predicted molar refractivity (Wildman–Crippen MR) is 236 cm³/mol. The third-order valence-electron chi connectivity index (χ3n) is 20.1. The number of allylic oxidation sites excluding steroid dienone is 1. The Hall–Kier alpha value is -3.28. The van der Waals surface area contributed by atoms with E-state index in [4.69, 9.17) is 22.1 Å². The molecule has 0 heterocycles. The van der Waals surface area contributed by atoms with E-state index in [-0.39, 0.29) is 76.3 Å². The minimum absolute atomic E-state index is 0.0138. The summed E-state index contributed by atoms with van der Waals surface area (Å²) in [4.78, 5) is 66.3. The van der Waals surface area contributed by atoms with E-state index < -0.39 is 52.6 Å². The summed E-state index contributed by atoms with van der Waals surface area (Å²) in [7, 11) is 0. The molecule has 62 heavy (non-hydrogen) atoms. The van der Waals surface area contributed by atoms with Crippen LogP contribution in [0, 0.1) is 67.5 Å². The van der Waals surface area contributed by atoms with Crippen LogP contribution in [0.5, 0.6) is 0 Å². The van der Waals surface area contributed by atoms with E-state index in [9.17, 15) is 34.2 Å². The molecule has 1 spiro atoms. The molecule has 6 fully saturated rings. The molecule has 0 aliphatic heterocycles. The second-order valence-electron chi connectivity index (χ2n) is 22.7. The van der Waals surface area contributed by atoms with Crippen molar-refractivity contribution in [3.8, 4) is 0 Å². The standard InChI is InChI=1S/C50H70ClN3O8/c1-27(2)38-34(55)24-49(36(56)26-53-41(58)33(25-52)54-40(57)28-9-11-29(51)12-10-28)20-17-45(5)30(39(38)49)13-14-35-46(45,6)18-21-50-22-19-48(50,8)37(15-16-47(35,50)7)62-43(61)32-23-31(42(59)60)44(32,3)4/h9-12,27,30-33,35-37,56H,13-26,52H2,1-8H3,(H,53,58)(H,54,57)(H,59,60)/t30-,31+,32-,33?,35+,36+,37+,45-,46-,47-,48-,49+,50+/m1/s1. The zero-order chi connectivity index (χ0) is 45.2. The molecule has 0 saturated heterocycles. The Morgan fingerprint density at radius 3 is 2.10 bits per heavy atom. The Labute approximate surface area is 372 Å². The molecular formula is C50H70ClN3O8. The first-order valence-corrected chi connectivity index (χ1v) is 23.8. The summed E-state index contributed by atoms with van der Waals surface area (Å²) in [6, 6.07) is 5.34. The fourth-order valence-electron chi connectivity index (χ4n) is 16.0. The largest absolute Gasteiger partial charge is 0.481 e. The van der Waals surface area contributed by atoms with Crippen molar-refractivity contribution in [1.29, 1.82) is 0 Å². The molecule has 6 N–H and O–H groups in total. The van der Waals surface area contributed by atoms with Gasteiger partial charge in [-0.1, -0.05) is 72.6 Å². The van der Waals surface area contributed by atoms with Crippen LogP contribution in [0.1, 0.15) is 143 Å². The molecule has 7 aliphatic carbocycles. The Morgan fingerprint density at radius 1 is 0.855 bits per heavy atom. The fraction of sp³-hybridized carbons (Fsp3) is 0.740. The van der Waals surface area contributed by atoms with E-state index in [2.05, 4.69) is 52.2 Å². The summed E-state index contributed by atoms with van der Waals surface area (Å²) >= 11 is 5.99. The number of rotatable bonds is 11. The van der Waals surface area contributed by atoms with Crippen molar-refractivity contribution < 1.29 is 38.9 Å². The summed E-state index contributed by atoms with van der Waals surface area (Å²) in [5.41, 5.74) is 6.60. The monoisotopic (exact) mass is 875 g/mol. The highest BCUT2D eigenvalue weighted by molar-refractivity contribution is 6.30. The number of Topliss-reactive ketones (excluding diaryl/α,β-unsaturated/α-hetero) is 1. The van der Waals surface area contributed by atoms with Gasteiger partial charge in [-0.2, -0.15) is 0 Å². The molecule has 8 rings (SSSR count). The first kappa shape index (κ1) is 45.3. The quantitative estimate of drug-likeness (QED) is 0.139. The number of esters is 1. The highest BCUT2D eigenvalue weighted by Crippen LogP contribution is 2.84. The van der Waals surface area contributed by atoms with E-state index in [0.717, 1.165) is 68.9 Å². The lowest BCUT2D eigenvalue weighted by atomic mass is 9.25. The number of fused-ring (bicyclic) bond motifs is 6. The van der Waals surface area contributed by atoms with Crippen LogP contribution in [-0.4, -0.2) is 71.1 Å². The van der Waals surface area contributed by atoms with E-state index in [0.29, 0.717) is 29.3 Å². The number of ether oxygens (including phenoxy) is 1. The van der Waals surface area contributed by atoms with Crippen LogP contribution in [0.2, 0.25) is 5.02 Å². The molecule has 1 aromatic carbocycles. The highest BCUT2D eigenvalue weighted by Gasteiger charge is 2.78. The number of carbonyl (C=O) groups is 5. The third kappa shape index (κ3) is 6.11. The minimum Gasteiger partial charge on any atom is -0.481 e. The van der Waals surface area contributed by atoms with Gasteiger partial charge in [0.15, 0.2) is 5.78 Å². The number of hydrogen-bond acceptors (Lipinski definition) is 8. The number of benzene rings is 1. The number of hydrogen-bond donors (Lipinski definition) is 5. The maximum Gasteiger partial charge on any atom is 0.309 e. The van der Waals surface area contributed by atoms with Gasteiger partial charge < -0.3 is 31.3 Å². The number of carboxylic acids is 1. The van der Waals surface area contributed by atoms with E-state index in [1.165, 1.54) is 0 Å². The predicted octanol–water partition coefficient (Wildman–Crippen LogP) is 7.66. The van der Waals surface area contributed by atoms with Crippen LogP contribution in [0.4, 0.5) is 0 Å². The molecule has 11 nitrogen and oxygen atoms in total. The lowest BCUT2D eigenvalue weighted by Crippen LogP contribution is -2.74. The van der Waals surface area contributed by atoms with Gasteiger partial charge >= 0.3 is 11.9 Å². The van der Waals surface area contributed by atoms with Gasteiger partial charge in [-0.15, -0.1) is 0 Å². The molecule has 13 atom stereocenters. The summed E-state index contributed by atoms with van der Waals surface area (Å²) in [6.45, 7) is 17.7. The summed E-state index contributed by atoms with van der Waals surface area (Å²) < 4.78 is 6.52. The van der Waals surface area contributed by atoms with Gasteiger partial charge in [-0.05, 0) is 145 Å². The van der Waals surface area contributed by atoms with Crippen molar-refractivity contribution in [3.63, 3.8) is 0 Å². The van der Waals surface area contributed by atoms with Gasteiger partial charge in [0.1, 0.15) is 12.1 Å². The second kappa shape index (κ2) is 15.1. The fourth-order valence-corrected chi connectivity index (χ4v) is 16.2. The number of nitrogens with one attached hydrogen (secondary N) is 2. The molecule has 2 amide bonds. The molecule has 1 aromatic rings. The number of aliphatic hydroxyl groups is 1. The van der Waals surface area contributed by atoms with Crippen molar-refractivity contribution in [1.82, 2.24) is 10.6 Å². The second-order valence-corrected chi connectivity index (χ2v) is 23.1. The lowest BCUT2D eigenvalue weighted by Gasteiger charge is -2.79. The average molecular weight is 877 g/mol. The Morgan fingerprint density at radius 2 is 1.50 bits per heavy atom. The zero-order valence-electron chi connectivity index (χ0n) is 38.1. The average Bonchev–Trinajstić information content (AvgIpc) is 3.52. The Balaban J connectivity index is 1.02. The van der Waals surface area contributed by atoms with Gasteiger partial charge in [0.25, 0.3) is 5.91 Å². The molecule has 12 heteroatoms. The summed E-state index contributed by atoms with van der Waals surface area (Å²) in [6.07, 6.45) is 8.78. The molecule has 0 radical (unpaired) electrons. The smallest absolute Gasteiger partial charge is 0.309 e.